The van der Waals surface area contributed by atoms with Crippen molar-refractivity contribution < 1.29 is 4.79 Å². The Bertz CT molecular complexity index is 417. The fraction of sp³-hybridized carbons (Fsp3) is 0.417. The fourth-order valence-electron chi connectivity index (χ4n) is 1.88. The van der Waals surface area contributed by atoms with E-state index in [0.717, 1.165) is 25.9 Å². The molecule has 1 amide bonds. The molecule has 0 saturated carbocycles. The molecule has 1 heterocycles. The van der Waals surface area contributed by atoms with Gasteiger partial charge in [0.2, 0.25) is 0 Å². The van der Waals surface area contributed by atoms with Gasteiger partial charge in [0.1, 0.15) is 0 Å². The summed E-state index contributed by atoms with van der Waals surface area (Å²) >= 11 is 11.7. The Morgan fingerprint density at radius 2 is 2.18 bits per heavy atom. The zero-order valence-corrected chi connectivity index (χ0v) is 10.8. The Hall–Kier alpha value is -0.770. The van der Waals surface area contributed by atoms with Crippen molar-refractivity contribution in [2.75, 3.05) is 13.1 Å². The normalized spacial score (nSPS) is 20.0. The highest BCUT2D eigenvalue weighted by Gasteiger charge is 2.16. The van der Waals surface area contributed by atoms with E-state index in [-0.39, 0.29) is 11.9 Å². The summed E-state index contributed by atoms with van der Waals surface area (Å²) in [7, 11) is 0. The molecule has 0 unspecified atom stereocenters. The van der Waals surface area contributed by atoms with Gasteiger partial charge in [0.15, 0.2) is 0 Å². The van der Waals surface area contributed by atoms with E-state index in [4.69, 9.17) is 23.2 Å². The van der Waals surface area contributed by atoms with E-state index in [1.165, 1.54) is 0 Å². The van der Waals surface area contributed by atoms with Gasteiger partial charge in [-0.15, -0.1) is 0 Å². The first-order valence-electron chi connectivity index (χ1n) is 5.63. The monoisotopic (exact) mass is 272 g/mol. The molecule has 0 aliphatic carbocycles. The number of amides is 1. The van der Waals surface area contributed by atoms with E-state index in [0.29, 0.717) is 15.6 Å². The molecule has 2 N–H and O–H groups in total. The molecule has 0 spiro atoms. The molecule has 1 aliphatic rings. The third kappa shape index (κ3) is 3.35. The average Bonchev–Trinajstić information content (AvgIpc) is 2.34. The van der Waals surface area contributed by atoms with E-state index in [1.807, 2.05) is 0 Å². The number of carbonyl (C=O) groups is 1. The van der Waals surface area contributed by atoms with Gasteiger partial charge in [-0.25, -0.2) is 0 Å². The minimum Gasteiger partial charge on any atom is -0.348 e. The summed E-state index contributed by atoms with van der Waals surface area (Å²) in [5.74, 6) is -0.0998. The molecule has 1 saturated heterocycles. The number of hydrogen-bond acceptors (Lipinski definition) is 2. The standard InChI is InChI=1S/C12H14Cl2N2O/c13-10-4-3-8(6-11(10)14)12(17)16-9-2-1-5-15-7-9/h3-4,6,9,15H,1-2,5,7H2,(H,16,17)/t9-/m1/s1. The molecule has 0 radical (unpaired) electrons. The molecule has 5 heteroatoms. The number of rotatable bonds is 2. The summed E-state index contributed by atoms with van der Waals surface area (Å²) < 4.78 is 0. The first-order chi connectivity index (χ1) is 8.16. The van der Waals surface area contributed by atoms with Gasteiger partial charge in [0, 0.05) is 18.2 Å². The summed E-state index contributed by atoms with van der Waals surface area (Å²) in [6.45, 7) is 1.85. The lowest BCUT2D eigenvalue weighted by Crippen LogP contribution is -2.45. The Labute approximate surface area is 110 Å². The van der Waals surface area contributed by atoms with Crippen LogP contribution in [0.5, 0.6) is 0 Å². The molecule has 17 heavy (non-hydrogen) atoms. The summed E-state index contributed by atoms with van der Waals surface area (Å²) in [5.41, 5.74) is 0.546. The van der Waals surface area contributed by atoms with Gasteiger partial charge < -0.3 is 10.6 Å². The van der Waals surface area contributed by atoms with Crippen molar-refractivity contribution in [3.8, 4) is 0 Å². The lowest BCUT2D eigenvalue weighted by atomic mass is 10.1. The van der Waals surface area contributed by atoms with Crippen LogP contribution in [0.25, 0.3) is 0 Å². The second-order valence-electron chi connectivity index (χ2n) is 4.15. The summed E-state index contributed by atoms with van der Waals surface area (Å²) in [4.78, 5) is 11.9. The molecule has 3 nitrogen and oxygen atoms in total. The van der Waals surface area contributed by atoms with Crippen molar-refractivity contribution in [1.82, 2.24) is 10.6 Å². The Morgan fingerprint density at radius 3 is 2.82 bits per heavy atom. The number of halogens is 2. The predicted octanol–water partition coefficient (Wildman–Crippen LogP) is 2.48. The number of benzene rings is 1. The highest BCUT2D eigenvalue weighted by Crippen LogP contribution is 2.22. The van der Waals surface area contributed by atoms with E-state index >= 15 is 0 Å². The molecule has 1 aromatic carbocycles. The van der Waals surface area contributed by atoms with Crippen LogP contribution in [-0.4, -0.2) is 25.0 Å². The Kier molecular flexibility index (Phi) is 4.26. The van der Waals surface area contributed by atoms with Crippen LogP contribution in [0.1, 0.15) is 23.2 Å². The zero-order valence-electron chi connectivity index (χ0n) is 9.30. The van der Waals surface area contributed by atoms with E-state index < -0.39 is 0 Å². The van der Waals surface area contributed by atoms with Crippen molar-refractivity contribution in [2.24, 2.45) is 0 Å². The molecule has 0 aromatic heterocycles. The van der Waals surface area contributed by atoms with Crippen LogP contribution >= 0.6 is 23.2 Å². The smallest absolute Gasteiger partial charge is 0.251 e. The van der Waals surface area contributed by atoms with Crippen molar-refractivity contribution >= 4 is 29.1 Å². The first-order valence-corrected chi connectivity index (χ1v) is 6.39. The number of nitrogens with one attached hydrogen (secondary N) is 2. The van der Waals surface area contributed by atoms with Crippen LogP contribution in [0.2, 0.25) is 10.0 Å². The van der Waals surface area contributed by atoms with Gasteiger partial charge in [0.25, 0.3) is 5.91 Å². The SMILES string of the molecule is O=C(N[C@@H]1CCCNC1)c1ccc(Cl)c(Cl)c1. The fourth-order valence-corrected chi connectivity index (χ4v) is 2.18. The molecule has 1 aromatic rings. The van der Waals surface area contributed by atoms with Crippen molar-refractivity contribution in [2.45, 2.75) is 18.9 Å². The van der Waals surface area contributed by atoms with Crippen LogP contribution < -0.4 is 10.6 Å². The Morgan fingerprint density at radius 1 is 1.35 bits per heavy atom. The van der Waals surface area contributed by atoms with Crippen molar-refractivity contribution in [3.05, 3.63) is 33.8 Å². The molecule has 2 rings (SSSR count). The maximum atomic E-state index is 11.9. The summed E-state index contributed by atoms with van der Waals surface area (Å²) in [5, 5.41) is 7.09. The maximum Gasteiger partial charge on any atom is 0.251 e. The molecule has 1 atom stereocenters. The lowest BCUT2D eigenvalue weighted by Gasteiger charge is -2.23. The first kappa shape index (κ1) is 12.7. The second kappa shape index (κ2) is 5.71. The third-order valence-electron chi connectivity index (χ3n) is 2.81. The summed E-state index contributed by atoms with van der Waals surface area (Å²) in [6.07, 6.45) is 2.10. The van der Waals surface area contributed by atoms with Crippen LogP contribution in [0, 0.1) is 0 Å². The molecular weight excluding hydrogens is 259 g/mol. The minimum atomic E-state index is -0.0998. The number of carbonyl (C=O) groups excluding carboxylic acids is 1. The molecular formula is C12H14Cl2N2O. The average molecular weight is 273 g/mol. The molecule has 1 fully saturated rings. The quantitative estimate of drug-likeness (QED) is 0.869. The van der Waals surface area contributed by atoms with Gasteiger partial charge in [-0.05, 0) is 37.6 Å². The second-order valence-corrected chi connectivity index (χ2v) is 4.96. The largest absolute Gasteiger partial charge is 0.348 e. The minimum absolute atomic E-state index is 0.0998. The zero-order chi connectivity index (χ0) is 12.3. The predicted molar refractivity (Wildman–Crippen MR) is 69.8 cm³/mol. The van der Waals surface area contributed by atoms with E-state index in [9.17, 15) is 4.79 Å². The van der Waals surface area contributed by atoms with Crippen LogP contribution in [-0.2, 0) is 0 Å². The molecule has 0 bridgehead atoms. The topological polar surface area (TPSA) is 41.1 Å². The molecule has 1 aliphatic heterocycles. The highest BCUT2D eigenvalue weighted by atomic mass is 35.5. The Balaban J connectivity index is 2.01. The summed E-state index contributed by atoms with van der Waals surface area (Å²) in [6, 6.07) is 5.11. The van der Waals surface area contributed by atoms with Crippen molar-refractivity contribution in [1.29, 1.82) is 0 Å². The maximum absolute atomic E-state index is 11.9. The van der Waals surface area contributed by atoms with Gasteiger partial charge in [-0.1, -0.05) is 23.2 Å². The van der Waals surface area contributed by atoms with Gasteiger partial charge in [-0.3, -0.25) is 4.79 Å². The highest BCUT2D eigenvalue weighted by molar-refractivity contribution is 6.42. The lowest BCUT2D eigenvalue weighted by molar-refractivity contribution is 0.0930. The number of hydrogen-bond donors (Lipinski definition) is 2. The van der Waals surface area contributed by atoms with E-state index in [2.05, 4.69) is 10.6 Å². The molecule has 92 valence electrons. The van der Waals surface area contributed by atoms with Gasteiger partial charge in [0.05, 0.1) is 10.0 Å². The van der Waals surface area contributed by atoms with Crippen LogP contribution in [0.3, 0.4) is 0 Å². The van der Waals surface area contributed by atoms with Crippen LogP contribution in [0.4, 0.5) is 0 Å². The van der Waals surface area contributed by atoms with Crippen molar-refractivity contribution in [3.63, 3.8) is 0 Å². The van der Waals surface area contributed by atoms with Crippen LogP contribution in [0.15, 0.2) is 18.2 Å². The van der Waals surface area contributed by atoms with Gasteiger partial charge >= 0.3 is 0 Å². The number of piperidine rings is 1. The third-order valence-corrected chi connectivity index (χ3v) is 3.55. The van der Waals surface area contributed by atoms with Gasteiger partial charge in [-0.2, -0.15) is 0 Å². The van der Waals surface area contributed by atoms with E-state index in [1.54, 1.807) is 18.2 Å².